The molecule has 0 bridgehead atoms. The number of phenolic OH excluding ortho intramolecular Hbond substituents is 1. The molecular weight excluding hydrogens is 438 g/mol. The quantitative estimate of drug-likeness (QED) is 0.332. The van der Waals surface area contributed by atoms with Crippen LogP contribution in [0.1, 0.15) is 31.5 Å². The molecule has 0 spiro atoms. The second kappa shape index (κ2) is 7.59. The van der Waals surface area contributed by atoms with Crippen molar-refractivity contribution in [1.29, 1.82) is 0 Å². The lowest BCUT2D eigenvalue weighted by Gasteiger charge is -2.26. The smallest absolute Gasteiger partial charge is 0.172 e. The molecule has 1 aliphatic carbocycles. The van der Waals surface area contributed by atoms with Gasteiger partial charge in [-0.1, -0.05) is 37.3 Å². The molecule has 5 rings (SSSR count). The van der Waals surface area contributed by atoms with E-state index in [-0.39, 0.29) is 5.75 Å². The zero-order valence-electron chi connectivity index (χ0n) is 17.2. The number of rotatable bonds is 3. The summed E-state index contributed by atoms with van der Waals surface area (Å²) in [7, 11) is 0. The Morgan fingerprint density at radius 2 is 2.00 bits per heavy atom. The second-order valence-corrected chi connectivity index (χ2v) is 9.03. The molecule has 30 heavy (non-hydrogen) atoms. The normalized spacial score (nSPS) is 16.0. The first kappa shape index (κ1) is 19.4. The Hall–Kier alpha value is -2.59. The topological polar surface area (TPSA) is 42.4 Å². The highest BCUT2D eigenvalue weighted by Gasteiger charge is 2.25. The third-order valence-corrected chi connectivity index (χ3v) is 6.71. The number of fused-ring (bicyclic) bond motifs is 4. The molecule has 4 heteroatoms. The zero-order chi connectivity index (χ0) is 20.8. The largest absolute Gasteiger partial charge is 0.503 e. The standard InChI is InChI=1S/C26H24BrNO2/c1-3-30-23-14-17(13-20(27)26(23)29)24-19-12-15(2)8-10-21(19)28-22-11-9-16-6-4-5-7-18(16)25(22)24/h4-7,9,11,13-15,29H,3,8,10,12H2,1-2H3. The molecule has 1 N–H and O–H groups in total. The molecule has 3 aromatic carbocycles. The second-order valence-electron chi connectivity index (χ2n) is 8.18. The van der Waals surface area contributed by atoms with Crippen LogP contribution in [-0.4, -0.2) is 16.7 Å². The fourth-order valence-corrected chi connectivity index (χ4v) is 5.13. The van der Waals surface area contributed by atoms with Crippen molar-refractivity contribution in [3.63, 3.8) is 0 Å². The number of nitrogens with zero attached hydrogens (tertiary/aromatic N) is 1. The van der Waals surface area contributed by atoms with Crippen LogP contribution in [0, 0.1) is 5.92 Å². The summed E-state index contributed by atoms with van der Waals surface area (Å²) >= 11 is 3.54. The first-order valence-electron chi connectivity index (χ1n) is 10.6. The molecule has 0 amide bonds. The van der Waals surface area contributed by atoms with Crippen LogP contribution in [0.15, 0.2) is 53.0 Å². The highest BCUT2D eigenvalue weighted by Crippen LogP contribution is 2.45. The first-order chi connectivity index (χ1) is 14.6. The highest BCUT2D eigenvalue weighted by atomic mass is 79.9. The van der Waals surface area contributed by atoms with Crippen LogP contribution < -0.4 is 4.74 Å². The number of halogens is 1. The molecule has 1 heterocycles. The van der Waals surface area contributed by atoms with Crippen molar-refractivity contribution in [3.05, 3.63) is 64.3 Å². The van der Waals surface area contributed by atoms with Crippen LogP contribution in [0.5, 0.6) is 11.5 Å². The van der Waals surface area contributed by atoms with E-state index in [2.05, 4.69) is 59.3 Å². The van der Waals surface area contributed by atoms with Gasteiger partial charge < -0.3 is 9.84 Å². The van der Waals surface area contributed by atoms with E-state index in [1.54, 1.807) is 0 Å². The van der Waals surface area contributed by atoms with E-state index in [4.69, 9.17) is 9.72 Å². The predicted molar refractivity (Wildman–Crippen MR) is 126 cm³/mol. The minimum atomic E-state index is 0.144. The monoisotopic (exact) mass is 461 g/mol. The van der Waals surface area contributed by atoms with Gasteiger partial charge in [-0.3, -0.25) is 4.98 Å². The van der Waals surface area contributed by atoms with Crippen molar-refractivity contribution < 1.29 is 9.84 Å². The van der Waals surface area contributed by atoms with Gasteiger partial charge in [0.2, 0.25) is 0 Å². The third-order valence-electron chi connectivity index (χ3n) is 6.11. The fraction of sp³-hybridized carbons (Fsp3) is 0.269. The van der Waals surface area contributed by atoms with Gasteiger partial charge in [-0.15, -0.1) is 0 Å². The van der Waals surface area contributed by atoms with Gasteiger partial charge in [-0.05, 0) is 93.7 Å². The summed E-state index contributed by atoms with van der Waals surface area (Å²) < 4.78 is 6.39. The summed E-state index contributed by atoms with van der Waals surface area (Å²) in [4.78, 5) is 5.09. The molecule has 0 aliphatic heterocycles. The molecule has 1 atom stereocenters. The summed E-state index contributed by atoms with van der Waals surface area (Å²) in [6.07, 6.45) is 3.19. The summed E-state index contributed by atoms with van der Waals surface area (Å²) in [6.45, 7) is 4.75. The van der Waals surface area contributed by atoms with Crippen molar-refractivity contribution in [3.8, 4) is 22.6 Å². The van der Waals surface area contributed by atoms with Gasteiger partial charge in [0.05, 0.1) is 16.6 Å². The molecule has 0 saturated heterocycles. The predicted octanol–water partition coefficient (Wildman–Crippen LogP) is 7.05. The Bertz CT molecular complexity index is 1280. The number of hydrogen-bond acceptors (Lipinski definition) is 3. The Morgan fingerprint density at radius 1 is 1.17 bits per heavy atom. The molecule has 3 nitrogen and oxygen atoms in total. The van der Waals surface area contributed by atoms with E-state index in [0.29, 0.717) is 22.7 Å². The minimum absolute atomic E-state index is 0.144. The number of aromatic nitrogens is 1. The van der Waals surface area contributed by atoms with Gasteiger partial charge in [0.25, 0.3) is 0 Å². The Morgan fingerprint density at radius 3 is 2.83 bits per heavy atom. The molecular formula is C26H24BrNO2. The maximum absolute atomic E-state index is 10.5. The van der Waals surface area contributed by atoms with Crippen molar-refractivity contribution in [2.24, 2.45) is 5.92 Å². The van der Waals surface area contributed by atoms with E-state index in [0.717, 1.165) is 23.9 Å². The number of pyridine rings is 1. The van der Waals surface area contributed by atoms with E-state index in [1.807, 2.05) is 19.1 Å². The number of aromatic hydroxyl groups is 1. The molecule has 1 aromatic heterocycles. The van der Waals surface area contributed by atoms with E-state index >= 15 is 0 Å². The van der Waals surface area contributed by atoms with E-state index < -0.39 is 0 Å². The van der Waals surface area contributed by atoms with Gasteiger partial charge in [-0.2, -0.15) is 0 Å². The lowest BCUT2D eigenvalue weighted by Crippen LogP contribution is -2.14. The average molecular weight is 462 g/mol. The number of ether oxygens (including phenoxy) is 1. The maximum atomic E-state index is 10.5. The summed E-state index contributed by atoms with van der Waals surface area (Å²) in [5.74, 6) is 1.27. The molecule has 1 unspecified atom stereocenters. The number of aryl methyl sites for hydroxylation is 1. The Labute approximate surface area is 184 Å². The number of phenols is 1. The van der Waals surface area contributed by atoms with Gasteiger partial charge in [0.1, 0.15) is 0 Å². The zero-order valence-corrected chi connectivity index (χ0v) is 18.8. The lowest BCUT2D eigenvalue weighted by atomic mass is 9.81. The van der Waals surface area contributed by atoms with Crippen LogP contribution in [0.4, 0.5) is 0 Å². The average Bonchev–Trinajstić information content (AvgIpc) is 2.75. The van der Waals surface area contributed by atoms with Crippen LogP contribution in [0.2, 0.25) is 0 Å². The summed E-state index contributed by atoms with van der Waals surface area (Å²) in [5, 5.41) is 14.1. The van der Waals surface area contributed by atoms with Gasteiger partial charge in [0, 0.05) is 11.1 Å². The fourth-order valence-electron chi connectivity index (χ4n) is 4.69. The Balaban J connectivity index is 1.92. The van der Waals surface area contributed by atoms with Crippen LogP contribution >= 0.6 is 15.9 Å². The van der Waals surface area contributed by atoms with Gasteiger partial charge in [0.15, 0.2) is 11.5 Å². The molecule has 1 aliphatic rings. The molecule has 4 aromatic rings. The highest BCUT2D eigenvalue weighted by molar-refractivity contribution is 9.10. The maximum Gasteiger partial charge on any atom is 0.172 e. The van der Waals surface area contributed by atoms with Crippen molar-refractivity contribution in [2.75, 3.05) is 6.61 Å². The summed E-state index contributed by atoms with van der Waals surface area (Å²) in [5.41, 5.74) is 5.84. The first-order valence-corrected chi connectivity index (χ1v) is 11.3. The molecule has 0 radical (unpaired) electrons. The van der Waals surface area contributed by atoms with Crippen LogP contribution in [-0.2, 0) is 12.8 Å². The third kappa shape index (κ3) is 3.14. The minimum Gasteiger partial charge on any atom is -0.503 e. The van der Waals surface area contributed by atoms with Crippen molar-refractivity contribution in [2.45, 2.75) is 33.1 Å². The van der Waals surface area contributed by atoms with Gasteiger partial charge >= 0.3 is 0 Å². The van der Waals surface area contributed by atoms with E-state index in [9.17, 15) is 5.11 Å². The van der Waals surface area contributed by atoms with Crippen molar-refractivity contribution >= 4 is 37.6 Å². The summed E-state index contributed by atoms with van der Waals surface area (Å²) in [6, 6.07) is 16.8. The molecule has 0 fully saturated rings. The number of hydrogen-bond donors (Lipinski definition) is 1. The SMILES string of the molecule is CCOc1cc(-c2c3c(nc4ccc5ccccc5c24)CCC(C)C3)cc(Br)c1O. The Kier molecular flexibility index (Phi) is 4.90. The lowest BCUT2D eigenvalue weighted by molar-refractivity contribution is 0.317. The van der Waals surface area contributed by atoms with E-state index in [1.165, 1.54) is 39.4 Å². The molecule has 0 saturated carbocycles. The van der Waals surface area contributed by atoms with Crippen LogP contribution in [0.25, 0.3) is 32.8 Å². The van der Waals surface area contributed by atoms with Gasteiger partial charge in [-0.25, -0.2) is 0 Å². The number of benzene rings is 3. The van der Waals surface area contributed by atoms with Crippen molar-refractivity contribution in [1.82, 2.24) is 4.98 Å². The molecule has 152 valence electrons. The van der Waals surface area contributed by atoms with Crippen LogP contribution in [0.3, 0.4) is 0 Å².